The summed E-state index contributed by atoms with van der Waals surface area (Å²) in [5.74, 6) is 0.150. The zero-order chi connectivity index (χ0) is 21.5. The molecule has 0 bridgehead atoms. The summed E-state index contributed by atoms with van der Waals surface area (Å²) in [5.41, 5.74) is 1.93. The van der Waals surface area contributed by atoms with E-state index in [-0.39, 0.29) is 10.8 Å². The Bertz CT molecular complexity index is 815. The summed E-state index contributed by atoms with van der Waals surface area (Å²) >= 11 is 0. The van der Waals surface area contributed by atoms with E-state index in [1.165, 1.54) is 10.4 Å². The lowest BCUT2D eigenvalue weighted by Crippen LogP contribution is -2.66. The number of rotatable bonds is 8. The maximum absolute atomic E-state index is 12.4. The number of carbonyl (C=O) groups excluding carboxylic acids is 1. The average Bonchev–Trinajstić information content (AvgIpc) is 2.69. The fraction of sp³-hybridized carbons (Fsp3) is 0.346. The van der Waals surface area contributed by atoms with Crippen LogP contribution in [0.2, 0.25) is 5.04 Å². The Morgan fingerprint density at radius 3 is 1.76 bits per heavy atom. The molecule has 0 saturated heterocycles. The van der Waals surface area contributed by atoms with Gasteiger partial charge in [-0.2, -0.15) is 0 Å². The Balaban J connectivity index is 2.40. The molecule has 29 heavy (non-hydrogen) atoms. The van der Waals surface area contributed by atoms with Crippen molar-refractivity contribution in [2.75, 3.05) is 6.61 Å². The molecule has 0 saturated carbocycles. The van der Waals surface area contributed by atoms with E-state index >= 15 is 0 Å². The van der Waals surface area contributed by atoms with E-state index in [1.807, 2.05) is 45.1 Å². The Morgan fingerprint density at radius 1 is 0.862 bits per heavy atom. The van der Waals surface area contributed by atoms with Gasteiger partial charge in [-0.15, -0.1) is 0 Å². The third-order valence-electron chi connectivity index (χ3n) is 5.24. The molecule has 0 heterocycles. The molecule has 0 aliphatic rings. The van der Waals surface area contributed by atoms with Crippen molar-refractivity contribution < 1.29 is 9.22 Å². The minimum atomic E-state index is -2.56. The van der Waals surface area contributed by atoms with Crippen LogP contribution in [0, 0.1) is 0 Å². The van der Waals surface area contributed by atoms with Crippen LogP contribution in [0.4, 0.5) is 0 Å². The minimum absolute atomic E-state index is 0.0660. The monoisotopic (exact) mass is 406 g/mol. The first kappa shape index (κ1) is 23.0. The molecule has 0 unspecified atom stereocenters. The van der Waals surface area contributed by atoms with Crippen molar-refractivity contribution in [3.8, 4) is 0 Å². The highest BCUT2D eigenvalue weighted by molar-refractivity contribution is 6.99. The van der Waals surface area contributed by atoms with E-state index in [9.17, 15) is 4.79 Å². The number of carbonyl (C=O) groups is 1. The second-order valence-electron chi connectivity index (χ2n) is 8.77. The summed E-state index contributed by atoms with van der Waals surface area (Å²) in [5, 5.41) is 2.44. The molecule has 2 aromatic carbocycles. The Kier molecular flexibility index (Phi) is 7.94. The molecule has 3 heteroatoms. The van der Waals surface area contributed by atoms with Gasteiger partial charge in [0.15, 0.2) is 5.78 Å². The van der Waals surface area contributed by atoms with Crippen LogP contribution in [0.1, 0.15) is 48.0 Å². The molecular formula is C26H34O2Si. The second kappa shape index (κ2) is 9.99. The van der Waals surface area contributed by atoms with Gasteiger partial charge < -0.3 is 4.43 Å². The van der Waals surface area contributed by atoms with Crippen molar-refractivity contribution in [2.24, 2.45) is 0 Å². The summed E-state index contributed by atoms with van der Waals surface area (Å²) in [6.07, 6.45) is 4.37. The largest absolute Gasteiger partial charge is 0.404 e. The molecule has 2 aromatic rings. The molecule has 0 N–H and O–H groups in total. The predicted octanol–water partition coefficient (Wildman–Crippen LogP) is 5.43. The first-order chi connectivity index (χ1) is 13.7. The van der Waals surface area contributed by atoms with E-state index in [2.05, 4.69) is 69.3 Å². The van der Waals surface area contributed by atoms with E-state index in [1.54, 1.807) is 0 Å². The van der Waals surface area contributed by atoms with Gasteiger partial charge in [0.05, 0.1) is 6.61 Å². The molecule has 0 aliphatic carbocycles. The van der Waals surface area contributed by atoms with Crippen LogP contribution in [0.3, 0.4) is 0 Å². The van der Waals surface area contributed by atoms with Gasteiger partial charge >= 0.3 is 0 Å². The van der Waals surface area contributed by atoms with Crippen LogP contribution >= 0.6 is 0 Å². The van der Waals surface area contributed by atoms with Crippen LogP contribution in [0.25, 0.3) is 0 Å². The summed E-state index contributed by atoms with van der Waals surface area (Å²) in [4.78, 5) is 12.4. The quantitative estimate of drug-likeness (QED) is 0.332. The second-order valence-corrected chi connectivity index (χ2v) is 13.1. The van der Waals surface area contributed by atoms with Crippen LogP contribution in [-0.2, 0) is 9.22 Å². The van der Waals surface area contributed by atoms with Crippen molar-refractivity contribution in [1.82, 2.24) is 0 Å². The summed E-state index contributed by atoms with van der Waals surface area (Å²) in [7, 11) is -2.56. The van der Waals surface area contributed by atoms with Crippen LogP contribution in [0.5, 0.6) is 0 Å². The molecule has 154 valence electrons. The van der Waals surface area contributed by atoms with Gasteiger partial charge in [-0.25, -0.2) is 0 Å². The molecule has 0 fully saturated rings. The van der Waals surface area contributed by atoms with Crippen LogP contribution < -0.4 is 10.4 Å². The highest BCUT2D eigenvalue weighted by Gasteiger charge is 2.49. The predicted molar refractivity (Wildman–Crippen MR) is 126 cm³/mol. The molecule has 0 atom stereocenters. The van der Waals surface area contributed by atoms with Gasteiger partial charge in [0.2, 0.25) is 0 Å². The third kappa shape index (κ3) is 5.65. The van der Waals surface area contributed by atoms with Crippen molar-refractivity contribution in [3.05, 3.63) is 84.0 Å². The number of ketones is 1. The summed E-state index contributed by atoms with van der Waals surface area (Å²) < 4.78 is 6.81. The molecule has 0 spiro atoms. The smallest absolute Gasteiger partial charge is 0.261 e. The van der Waals surface area contributed by atoms with Gasteiger partial charge in [0.1, 0.15) is 0 Å². The fourth-order valence-corrected chi connectivity index (χ4v) is 8.11. The molecule has 0 aromatic heterocycles. The number of hydrogen-bond acceptors (Lipinski definition) is 2. The molecule has 0 amide bonds. The summed E-state index contributed by atoms with van der Waals surface area (Å²) in [6.45, 7) is 13.1. The number of allylic oxidation sites excluding steroid dienone is 3. The lowest BCUT2D eigenvalue weighted by Gasteiger charge is -2.42. The van der Waals surface area contributed by atoms with Crippen molar-refractivity contribution in [1.29, 1.82) is 0 Å². The molecular weight excluding hydrogens is 372 g/mol. The van der Waals surface area contributed by atoms with Gasteiger partial charge in [-0.3, -0.25) is 4.79 Å². The highest BCUT2D eigenvalue weighted by Crippen LogP contribution is 2.36. The number of benzene rings is 2. The van der Waals surface area contributed by atoms with Crippen molar-refractivity contribution >= 4 is 24.5 Å². The molecule has 2 rings (SSSR count). The Labute approximate surface area is 177 Å². The van der Waals surface area contributed by atoms with E-state index < -0.39 is 8.32 Å². The Hall–Kier alpha value is -2.23. The standard InChI is InChI=1S/C26H34O2Si/c1-21(2)17-18-25(27)22(3)19-20-28-29(26(4,5)6,23-13-9-7-10-14-23)24-15-11-8-12-16-24/h7-17,19H,18,20H2,1-6H3/b22-19+. The van der Waals surface area contributed by atoms with Gasteiger partial charge in [0.25, 0.3) is 8.32 Å². The van der Waals surface area contributed by atoms with Crippen molar-refractivity contribution in [3.63, 3.8) is 0 Å². The normalized spacial score (nSPS) is 12.6. The maximum atomic E-state index is 12.4. The van der Waals surface area contributed by atoms with E-state index in [0.29, 0.717) is 13.0 Å². The van der Waals surface area contributed by atoms with E-state index in [0.717, 1.165) is 11.1 Å². The molecule has 0 radical (unpaired) electrons. The lowest BCUT2D eigenvalue weighted by atomic mass is 10.1. The number of hydrogen-bond donors (Lipinski definition) is 0. The highest BCUT2D eigenvalue weighted by atomic mass is 28.4. The third-order valence-corrected chi connectivity index (χ3v) is 10.2. The van der Waals surface area contributed by atoms with Gasteiger partial charge in [-0.05, 0) is 41.8 Å². The van der Waals surface area contributed by atoms with Crippen molar-refractivity contribution in [2.45, 2.75) is 53.0 Å². The fourth-order valence-electron chi connectivity index (χ4n) is 3.62. The lowest BCUT2D eigenvalue weighted by molar-refractivity contribution is -0.114. The molecule has 2 nitrogen and oxygen atoms in total. The summed E-state index contributed by atoms with van der Waals surface area (Å²) in [6, 6.07) is 21.1. The number of Topliss-reactive ketones (excluding diaryl/α,β-unsaturated/α-hetero) is 1. The first-order valence-corrected chi connectivity index (χ1v) is 12.2. The average molecular weight is 407 g/mol. The van der Waals surface area contributed by atoms with Crippen LogP contribution in [-0.4, -0.2) is 20.7 Å². The maximum Gasteiger partial charge on any atom is 0.261 e. The van der Waals surface area contributed by atoms with Gasteiger partial charge in [0, 0.05) is 6.42 Å². The topological polar surface area (TPSA) is 26.3 Å². The first-order valence-electron chi connectivity index (χ1n) is 10.3. The SMILES string of the molecule is CC(C)=CCC(=O)/C(C)=C/CO[Si](c1ccccc1)(c1ccccc1)C(C)(C)C. The van der Waals surface area contributed by atoms with E-state index in [4.69, 9.17) is 4.43 Å². The minimum Gasteiger partial charge on any atom is -0.404 e. The van der Waals surface area contributed by atoms with Crippen LogP contribution in [0.15, 0.2) is 84.0 Å². The molecule has 0 aliphatic heterocycles. The zero-order valence-electron chi connectivity index (χ0n) is 18.7. The zero-order valence-corrected chi connectivity index (χ0v) is 19.7. The Morgan fingerprint density at radius 2 is 1.34 bits per heavy atom. The van der Waals surface area contributed by atoms with Gasteiger partial charge in [-0.1, -0.05) is 99.2 Å².